The lowest BCUT2D eigenvalue weighted by Crippen LogP contribution is -2.48. The summed E-state index contributed by atoms with van der Waals surface area (Å²) in [5.41, 5.74) is 5.81. The molecule has 4 heteroatoms. The minimum Gasteiger partial charge on any atom is -0.341 e. The van der Waals surface area contributed by atoms with Crippen molar-refractivity contribution in [1.82, 2.24) is 9.80 Å². The van der Waals surface area contributed by atoms with Crippen LogP contribution in [-0.4, -0.2) is 55.5 Å². The summed E-state index contributed by atoms with van der Waals surface area (Å²) < 4.78 is 0. The molecular formula is C15H31N3O. The van der Waals surface area contributed by atoms with Gasteiger partial charge in [0, 0.05) is 19.6 Å². The number of carbonyl (C=O) groups excluding carboxylic acids is 1. The average molecular weight is 269 g/mol. The molecule has 2 unspecified atom stereocenters. The summed E-state index contributed by atoms with van der Waals surface area (Å²) in [6.45, 7) is 12.6. The molecule has 19 heavy (non-hydrogen) atoms. The highest BCUT2D eigenvalue weighted by Crippen LogP contribution is 2.21. The monoisotopic (exact) mass is 269 g/mol. The number of nitrogens with two attached hydrogens (primary N) is 1. The van der Waals surface area contributed by atoms with Crippen LogP contribution >= 0.6 is 0 Å². The third kappa shape index (κ3) is 5.49. The summed E-state index contributed by atoms with van der Waals surface area (Å²) in [4.78, 5) is 16.5. The Hall–Kier alpha value is -0.610. The molecule has 1 heterocycles. The quantitative estimate of drug-likeness (QED) is 0.821. The lowest BCUT2D eigenvalue weighted by atomic mass is 9.91. The van der Waals surface area contributed by atoms with Crippen LogP contribution in [0.4, 0.5) is 0 Å². The minimum absolute atomic E-state index is 0.0670. The highest BCUT2D eigenvalue weighted by atomic mass is 16.2. The van der Waals surface area contributed by atoms with Gasteiger partial charge in [0.1, 0.15) is 0 Å². The zero-order valence-electron chi connectivity index (χ0n) is 13.3. The highest BCUT2D eigenvalue weighted by molar-refractivity contribution is 5.78. The summed E-state index contributed by atoms with van der Waals surface area (Å²) in [7, 11) is 2.01. The smallest absolute Gasteiger partial charge is 0.236 e. The van der Waals surface area contributed by atoms with E-state index in [9.17, 15) is 4.79 Å². The van der Waals surface area contributed by atoms with Crippen molar-refractivity contribution >= 4 is 5.91 Å². The summed E-state index contributed by atoms with van der Waals surface area (Å²) >= 11 is 0. The second-order valence-corrected chi connectivity index (χ2v) is 7.29. The predicted octanol–water partition coefficient (Wildman–Crippen LogP) is 1.41. The number of nitrogens with zero attached hydrogens (tertiary/aromatic N) is 2. The first-order valence-corrected chi connectivity index (χ1v) is 7.40. The van der Waals surface area contributed by atoms with Gasteiger partial charge in [0.2, 0.25) is 5.91 Å². The van der Waals surface area contributed by atoms with Crippen LogP contribution in [0.3, 0.4) is 0 Å². The molecule has 1 aliphatic rings. The Labute approximate surface area is 118 Å². The summed E-state index contributed by atoms with van der Waals surface area (Å²) in [5, 5.41) is 0. The molecule has 4 nitrogen and oxygen atoms in total. The normalized spacial score (nSPS) is 24.9. The van der Waals surface area contributed by atoms with Crippen molar-refractivity contribution in [2.75, 3.05) is 39.8 Å². The summed E-state index contributed by atoms with van der Waals surface area (Å²) in [6.07, 6.45) is 1.24. The first kappa shape index (κ1) is 16.4. The van der Waals surface area contributed by atoms with Gasteiger partial charge in [-0.05, 0) is 37.3 Å². The fourth-order valence-corrected chi connectivity index (χ4v) is 3.05. The molecule has 0 aromatic heterocycles. The van der Waals surface area contributed by atoms with Crippen molar-refractivity contribution < 1.29 is 4.79 Å². The molecule has 1 rings (SSSR count). The van der Waals surface area contributed by atoms with Gasteiger partial charge in [-0.25, -0.2) is 0 Å². The van der Waals surface area contributed by atoms with Gasteiger partial charge in [-0.3, -0.25) is 9.69 Å². The largest absolute Gasteiger partial charge is 0.341 e. The maximum Gasteiger partial charge on any atom is 0.236 e. The van der Waals surface area contributed by atoms with Crippen LogP contribution in [0.2, 0.25) is 0 Å². The average Bonchev–Trinajstić information content (AvgIpc) is 2.26. The summed E-state index contributed by atoms with van der Waals surface area (Å²) in [5.74, 6) is 1.51. The molecule has 0 bridgehead atoms. The molecule has 1 saturated heterocycles. The molecule has 0 aromatic carbocycles. The fourth-order valence-electron chi connectivity index (χ4n) is 3.05. The van der Waals surface area contributed by atoms with Gasteiger partial charge in [0.15, 0.2) is 0 Å². The summed E-state index contributed by atoms with van der Waals surface area (Å²) in [6, 6.07) is 0. The van der Waals surface area contributed by atoms with Crippen LogP contribution in [0.1, 0.15) is 34.1 Å². The van der Waals surface area contributed by atoms with Crippen molar-refractivity contribution in [3.05, 3.63) is 0 Å². The van der Waals surface area contributed by atoms with Gasteiger partial charge in [-0.1, -0.05) is 27.7 Å². The number of amides is 1. The van der Waals surface area contributed by atoms with Gasteiger partial charge < -0.3 is 10.6 Å². The Morgan fingerprint density at radius 2 is 1.84 bits per heavy atom. The van der Waals surface area contributed by atoms with Crippen LogP contribution in [0.5, 0.6) is 0 Å². The Balaban J connectivity index is 2.45. The molecule has 1 amide bonds. The Kier molecular flexibility index (Phi) is 5.81. The molecule has 0 radical (unpaired) electrons. The molecular weight excluding hydrogens is 238 g/mol. The highest BCUT2D eigenvalue weighted by Gasteiger charge is 2.27. The Morgan fingerprint density at radius 1 is 1.32 bits per heavy atom. The third-order valence-corrected chi connectivity index (χ3v) is 3.88. The molecule has 2 N–H and O–H groups in total. The van der Waals surface area contributed by atoms with Crippen molar-refractivity contribution in [2.24, 2.45) is 23.0 Å². The number of likely N-dealkylation sites (N-methyl/N-ethyl adjacent to an activating group) is 1. The molecule has 112 valence electrons. The minimum atomic E-state index is 0.0670. The van der Waals surface area contributed by atoms with Crippen molar-refractivity contribution in [3.63, 3.8) is 0 Å². The van der Waals surface area contributed by atoms with E-state index in [0.717, 1.165) is 19.6 Å². The number of rotatable bonds is 5. The standard InChI is InChI=1S/C15H31N3O/c1-12-6-13(2)8-18(7-12)14(19)9-17(5)11-15(3,4)10-16/h12-13H,6-11,16H2,1-5H3. The van der Waals surface area contributed by atoms with E-state index >= 15 is 0 Å². The van der Waals surface area contributed by atoms with Crippen LogP contribution in [0, 0.1) is 17.3 Å². The predicted molar refractivity (Wildman–Crippen MR) is 79.9 cm³/mol. The molecule has 0 aromatic rings. The van der Waals surface area contributed by atoms with E-state index in [4.69, 9.17) is 5.73 Å². The fraction of sp³-hybridized carbons (Fsp3) is 0.933. The first-order valence-electron chi connectivity index (χ1n) is 7.40. The van der Waals surface area contributed by atoms with Crippen molar-refractivity contribution in [2.45, 2.75) is 34.1 Å². The van der Waals surface area contributed by atoms with E-state index in [1.807, 2.05) is 11.9 Å². The Bertz CT molecular complexity index is 294. The molecule has 0 spiro atoms. The molecule has 1 aliphatic heterocycles. The number of likely N-dealkylation sites (tertiary alicyclic amines) is 1. The maximum absolute atomic E-state index is 12.3. The van der Waals surface area contributed by atoms with Crippen LogP contribution in [0.15, 0.2) is 0 Å². The topological polar surface area (TPSA) is 49.6 Å². The molecule has 0 aliphatic carbocycles. The second kappa shape index (κ2) is 6.71. The molecule has 0 saturated carbocycles. The van der Waals surface area contributed by atoms with E-state index < -0.39 is 0 Å². The molecule has 2 atom stereocenters. The lowest BCUT2D eigenvalue weighted by Gasteiger charge is -2.36. The maximum atomic E-state index is 12.3. The van der Waals surface area contributed by atoms with Gasteiger partial charge in [0.05, 0.1) is 6.54 Å². The van der Waals surface area contributed by atoms with E-state index in [-0.39, 0.29) is 11.3 Å². The third-order valence-electron chi connectivity index (χ3n) is 3.88. The van der Waals surface area contributed by atoms with E-state index in [1.54, 1.807) is 0 Å². The zero-order chi connectivity index (χ0) is 14.6. The van der Waals surface area contributed by atoms with Gasteiger partial charge in [-0.15, -0.1) is 0 Å². The van der Waals surface area contributed by atoms with E-state index in [2.05, 4.69) is 32.6 Å². The lowest BCUT2D eigenvalue weighted by molar-refractivity contribution is -0.135. The van der Waals surface area contributed by atoms with E-state index in [0.29, 0.717) is 24.9 Å². The van der Waals surface area contributed by atoms with Crippen molar-refractivity contribution in [3.8, 4) is 0 Å². The number of piperidine rings is 1. The van der Waals surface area contributed by atoms with Crippen molar-refractivity contribution in [1.29, 1.82) is 0 Å². The van der Waals surface area contributed by atoms with Crippen LogP contribution in [0.25, 0.3) is 0 Å². The van der Waals surface area contributed by atoms with Gasteiger partial charge in [-0.2, -0.15) is 0 Å². The molecule has 1 fully saturated rings. The number of hydrogen-bond acceptors (Lipinski definition) is 3. The van der Waals surface area contributed by atoms with Gasteiger partial charge in [0.25, 0.3) is 0 Å². The SMILES string of the molecule is CC1CC(C)CN(C(=O)CN(C)CC(C)(C)CN)C1. The number of hydrogen-bond donors (Lipinski definition) is 1. The Morgan fingerprint density at radius 3 is 2.32 bits per heavy atom. The first-order chi connectivity index (χ1) is 8.73. The number of carbonyl (C=O) groups is 1. The van der Waals surface area contributed by atoms with Crippen LogP contribution < -0.4 is 5.73 Å². The van der Waals surface area contributed by atoms with Gasteiger partial charge >= 0.3 is 0 Å². The second-order valence-electron chi connectivity index (χ2n) is 7.29. The van der Waals surface area contributed by atoms with Crippen LogP contribution in [-0.2, 0) is 4.79 Å². The van der Waals surface area contributed by atoms with E-state index in [1.165, 1.54) is 6.42 Å². The zero-order valence-corrected chi connectivity index (χ0v) is 13.3.